The minimum Gasteiger partial charge on any atom is -0.396 e. The number of nitrogens with zero attached hydrogens (tertiary/aromatic N) is 4. The van der Waals surface area contributed by atoms with E-state index in [0.29, 0.717) is 12.5 Å². The Bertz CT molecular complexity index is 523. The zero-order valence-electron chi connectivity index (χ0n) is 11.5. The van der Waals surface area contributed by atoms with Crippen LogP contribution in [0.25, 0.3) is 5.82 Å². The van der Waals surface area contributed by atoms with E-state index in [-0.39, 0.29) is 0 Å². The maximum Gasteiger partial charge on any atom is 0.137 e. The number of aromatic nitrogens is 3. The number of pyridine rings is 1. The van der Waals surface area contributed by atoms with Crippen molar-refractivity contribution < 1.29 is 5.11 Å². The highest BCUT2D eigenvalue weighted by Crippen LogP contribution is 2.18. The molecule has 2 aromatic heterocycles. The van der Waals surface area contributed by atoms with Crippen LogP contribution in [-0.4, -0.2) is 44.2 Å². The summed E-state index contributed by atoms with van der Waals surface area (Å²) in [5, 5.41) is 9.27. The van der Waals surface area contributed by atoms with Gasteiger partial charge in [0.25, 0.3) is 0 Å². The summed E-state index contributed by atoms with van der Waals surface area (Å²) in [6.45, 7) is 3.31. The zero-order chi connectivity index (χ0) is 13.8. The number of rotatable bonds is 4. The Morgan fingerprint density at radius 1 is 1.35 bits per heavy atom. The number of piperidine rings is 1. The molecule has 1 saturated heterocycles. The third kappa shape index (κ3) is 3.05. The maximum atomic E-state index is 9.27. The van der Waals surface area contributed by atoms with Crippen molar-refractivity contribution in [2.75, 3.05) is 19.7 Å². The molecule has 1 atom stereocenters. The topological polar surface area (TPSA) is 54.2 Å². The van der Waals surface area contributed by atoms with E-state index in [2.05, 4.69) is 20.9 Å². The standard InChI is InChI=1S/C15H20N4O/c20-11-14-2-1-6-18(10-14)9-13-3-4-15(17-8-13)19-7-5-16-12-19/h3-5,7-8,12,14,20H,1-2,6,9-11H2. The lowest BCUT2D eigenvalue weighted by atomic mass is 9.99. The molecule has 20 heavy (non-hydrogen) atoms. The van der Waals surface area contributed by atoms with Crippen LogP contribution in [-0.2, 0) is 6.54 Å². The van der Waals surface area contributed by atoms with Gasteiger partial charge in [-0.2, -0.15) is 0 Å². The molecule has 2 aromatic rings. The van der Waals surface area contributed by atoms with Gasteiger partial charge in [0.05, 0.1) is 0 Å². The molecule has 0 saturated carbocycles. The maximum absolute atomic E-state index is 9.27. The average Bonchev–Trinajstić information content (AvgIpc) is 3.02. The monoisotopic (exact) mass is 272 g/mol. The quantitative estimate of drug-likeness (QED) is 0.916. The SMILES string of the molecule is OCC1CCCN(Cc2ccc(-n3ccnc3)nc2)C1. The summed E-state index contributed by atoms with van der Waals surface area (Å²) in [7, 11) is 0. The van der Waals surface area contributed by atoms with E-state index in [9.17, 15) is 5.11 Å². The largest absolute Gasteiger partial charge is 0.396 e. The molecule has 1 N–H and O–H groups in total. The fourth-order valence-corrected chi connectivity index (χ4v) is 2.76. The first-order chi connectivity index (χ1) is 9.85. The Hall–Kier alpha value is -1.72. The van der Waals surface area contributed by atoms with Crippen molar-refractivity contribution in [3.63, 3.8) is 0 Å². The van der Waals surface area contributed by atoms with Crippen molar-refractivity contribution in [1.29, 1.82) is 0 Å². The molecular weight excluding hydrogens is 252 g/mol. The molecule has 0 spiro atoms. The second kappa shape index (κ2) is 6.15. The van der Waals surface area contributed by atoms with Crippen LogP contribution in [0.3, 0.4) is 0 Å². The lowest BCUT2D eigenvalue weighted by Crippen LogP contribution is -2.36. The highest BCUT2D eigenvalue weighted by atomic mass is 16.3. The van der Waals surface area contributed by atoms with E-state index >= 15 is 0 Å². The van der Waals surface area contributed by atoms with Gasteiger partial charge in [-0.05, 0) is 36.9 Å². The minimum absolute atomic E-state index is 0.300. The first-order valence-electron chi connectivity index (χ1n) is 7.11. The second-order valence-electron chi connectivity index (χ2n) is 5.42. The molecule has 0 aliphatic carbocycles. The molecule has 0 aromatic carbocycles. The van der Waals surface area contributed by atoms with Gasteiger partial charge in [0, 0.05) is 38.3 Å². The molecule has 1 fully saturated rings. The van der Waals surface area contributed by atoms with Crippen LogP contribution < -0.4 is 0 Å². The summed E-state index contributed by atoms with van der Waals surface area (Å²) in [4.78, 5) is 10.9. The summed E-state index contributed by atoms with van der Waals surface area (Å²) in [5.74, 6) is 1.32. The van der Waals surface area contributed by atoms with Crippen molar-refractivity contribution in [1.82, 2.24) is 19.4 Å². The van der Waals surface area contributed by atoms with Crippen LogP contribution >= 0.6 is 0 Å². The Morgan fingerprint density at radius 2 is 2.30 bits per heavy atom. The highest BCUT2D eigenvalue weighted by Gasteiger charge is 2.19. The number of hydrogen-bond acceptors (Lipinski definition) is 4. The number of likely N-dealkylation sites (tertiary alicyclic amines) is 1. The van der Waals surface area contributed by atoms with E-state index < -0.39 is 0 Å². The molecule has 5 heteroatoms. The molecule has 1 unspecified atom stereocenters. The molecular formula is C15H20N4O. The van der Waals surface area contributed by atoms with E-state index in [0.717, 1.165) is 31.9 Å². The molecule has 0 radical (unpaired) electrons. The lowest BCUT2D eigenvalue weighted by molar-refractivity contribution is 0.116. The smallest absolute Gasteiger partial charge is 0.137 e. The third-order valence-corrected chi connectivity index (χ3v) is 3.85. The predicted octanol–water partition coefficient (Wildman–Crippen LogP) is 1.47. The van der Waals surface area contributed by atoms with Crippen molar-refractivity contribution in [2.24, 2.45) is 5.92 Å². The van der Waals surface area contributed by atoms with Crippen LogP contribution in [0.4, 0.5) is 0 Å². The summed E-state index contributed by atoms with van der Waals surface area (Å²) < 4.78 is 1.90. The van der Waals surface area contributed by atoms with E-state index in [1.165, 1.54) is 12.0 Å². The van der Waals surface area contributed by atoms with Crippen molar-refractivity contribution in [3.05, 3.63) is 42.6 Å². The summed E-state index contributed by atoms with van der Waals surface area (Å²) in [6.07, 6.45) is 9.63. The third-order valence-electron chi connectivity index (χ3n) is 3.85. The predicted molar refractivity (Wildman–Crippen MR) is 76.4 cm³/mol. The molecule has 0 amide bonds. The molecule has 1 aliphatic heterocycles. The molecule has 3 rings (SSSR count). The lowest BCUT2D eigenvalue weighted by Gasteiger charge is -2.31. The number of aliphatic hydroxyl groups is 1. The highest BCUT2D eigenvalue weighted by molar-refractivity contribution is 5.25. The molecule has 0 bridgehead atoms. The van der Waals surface area contributed by atoms with E-state index in [1.807, 2.05) is 23.0 Å². The second-order valence-corrected chi connectivity index (χ2v) is 5.42. The van der Waals surface area contributed by atoms with E-state index in [1.54, 1.807) is 12.5 Å². The Balaban J connectivity index is 1.63. The van der Waals surface area contributed by atoms with Crippen LogP contribution in [0.15, 0.2) is 37.1 Å². The summed E-state index contributed by atoms with van der Waals surface area (Å²) >= 11 is 0. The fourth-order valence-electron chi connectivity index (χ4n) is 2.76. The first kappa shape index (κ1) is 13.3. The van der Waals surface area contributed by atoms with Crippen LogP contribution in [0.2, 0.25) is 0 Å². The van der Waals surface area contributed by atoms with Crippen molar-refractivity contribution in [3.8, 4) is 5.82 Å². The van der Waals surface area contributed by atoms with Crippen LogP contribution in [0.1, 0.15) is 18.4 Å². The normalized spacial score (nSPS) is 20.1. The molecule has 106 valence electrons. The minimum atomic E-state index is 0.300. The number of hydrogen-bond donors (Lipinski definition) is 1. The van der Waals surface area contributed by atoms with Gasteiger partial charge in [0.1, 0.15) is 12.1 Å². The summed E-state index contributed by atoms with van der Waals surface area (Å²) in [5.41, 5.74) is 1.22. The van der Waals surface area contributed by atoms with Gasteiger partial charge in [-0.3, -0.25) is 9.47 Å². The van der Waals surface area contributed by atoms with Gasteiger partial charge < -0.3 is 5.11 Å². The number of imidazole rings is 1. The molecule has 1 aliphatic rings. The van der Waals surface area contributed by atoms with Gasteiger partial charge >= 0.3 is 0 Å². The summed E-state index contributed by atoms with van der Waals surface area (Å²) in [6, 6.07) is 4.13. The van der Waals surface area contributed by atoms with Crippen LogP contribution in [0, 0.1) is 5.92 Å². The van der Waals surface area contributed by atoms with Gasteiger partial charge in [-0.15, -0.1) is 0 Å². The average molecular weight is 272 g/mol. The Kier molecular flexibility index (Phi) is 4.08. The van der Waals surface area contributed by atoms with Crippen molar-refractivity contribution in [2.45, 2.75) is 19.4 Å². The van der Waals surface area contributed by atoms with Gasteiger partial charge in [0.15, 0.2) is 0 Å². The molecule has 3 heterocycles. The van der Waals surface area contributed by atoms with Gasteiger partial charge in [0.2, 0.25) is 0 Å². The Morgan fingerprint density at radius 3 is 3.00 bits per heavy atom. The Labute approximate surface area is 118 Å². The molecule has 5 nitrogen and oxygen atoms in total. The fraction of sp³-hybridized carbons (Fsp3) is 0.467. The number of aliphatic hydroxyl groups excluding tert-OH is 1. The zero-order valence-corrected chi connectivity index (χ0v) is 11.5. The van der Waals surface area contributed by atoms with Crippen molar-refractivity contribution >= 4 is 0 Å². The van der Waals surface area contributed by atoms with Crippen LogP contribution in [0.5, 0.6) is 0 Å². The first-order valence-corrected chi connectivity index (χ1v) is 7.11. The van der Waals surface area contributed by atoms with Gasteiger partial charge in [-0.1, -0.05) is 6.07 Å². The van der Waals surface area contributed by atoms with Gasteiger partial charge in [-0.25, -0.2) is 9.97 Å². The van der Waals surface area contributed by atoms with E-state index in [4.69, 9.17) is 0 Å².